The SMILES string of the molecule is CC(C)(/C(=N\O)c1ccc(S)cc1)N1CCOCC1. The molecule has 1 aliphatic rings. The molecule has 0 amide bonds. The van der Waals surface area contributed by atoms with Gasteiger partial charge < -0.3 is 9.94 Å². The van der Waals surface area contributed by atoms with Crippen molar-refractivity contribution < 1.29 is 9.94 Å². The van der Waals surface area contributed by atoms with E-state index >= 15 is 0 Å². The molecule has 1 N–H and O–H groups in total. The molecule has 1 fully saturated rings. The van der Waals surface area contributed by atoms with Crippen LogP contribution >= 0.6 is 12.6 Å². The minimum atomic E-state index is -0.337. The minimum absolute atomic E-state index is 0.337. The maximum absolute atomic E-state index is 9.43. The summed E-state index contributed by atoms with van der Waals surface area (Å²) in [5.74, 6) is 0. The number of ether oxygens (including phenoxy) is 1. The molecule has 0 saturated carbocycles. The van der Waals surface area contributed by atoms with Crippen molar-refractivity contribution in [2.75, 3.05) is 26.3 Å². The van der Waals surface area contributed by atoms with Crippen molar-refractivity contribution in [1.29, 1.82) is 0 Å². The van der Waals surface area contributed by atoms with Crippen LogP contribution in [0.5, 0.6) is 0 Å². The molecule has 1 aromatic rings. The molecule has 0 aliphatic carbocycles. The van der Waals surface area contributed by atoms with Gasteiger partial charge in [0.25, 0.3) is 0 Å². The largest absolute Gasteiger partial charge is 0.411 e. The van der Waals surface area contributed by atoms with Crippen LogP contribution in [0.1, 0.15) is 19.4 Å². The Morgan fingerprint density at radius 3 is 2.37 bits per heavy atom. The highest BCUT2D eigenvalue weighted by molar-refractivity contribution is 7.80. The molecule has 19 heavy (non-hydrogen) atoms. The summed E-state index contributed by atoms with van der Waals surface area (Å²) in [7, 11) is 0. The number of rotatable bonds is 3. The summed E-state index contributed by atoms with van der Waals surface area (Å²) in [5.41, 5.74) is 1.25. The van der Waals surface area contributed by atoms with Gasteiger partial charge in [0.2, 0.25) is 0 Å². The van der Waals surface area contributed by atoms with Crippen LogP contribution in [0, 0.1) is 0 Å². The van der Waals surface area contributed by atoms with Gasteiger partial charge in [0.15, 0.2) is 0 Å². The van der Waals surface area contributed by atoms with E-state index in [0.717, 1.165) is 36.8 Å². The smallest absolute Gasteiger partial charge is 0.106 e. The van der Waals surface area contributed by atoms with E-state index in [1.165, 1.54) is 0 Å². The van der Waals surface area contributed by atoms with Gasteiger partial charge in [-0.2, -0.15) is 0 Å². The number of morpholine rings is 1. The maximum Gasteiger partial charge on any atom is 0.106 e. The Morgan fingerprint density at radius 1 is 1.26 bits per heavy atom. The second-order valence-electron chi connectivity index (χ2n) is 5.15. The van der Waals surface area contributed by atoms with Crippen LogP contribution in [0.15, 0.2) is 34.3 Å². The lowest BCUT2D eigenvalue weighted by Crippen LogP contribution is -2.54. The van der Waals surface area contributed by atoms with E-state index in [2.05, 4.69) is 36.5 Å². The summed E-state index contributed by atoms with van der Waals surface area (Å²) >= 11 is 4.27. The highest BCUT2D eigenvalue weighted by Gasteiger charge is 2.34. The van der Waals surface area contributed by atoms with E-state index in [9.17, 15) is 5.21 Å². The van der Waals surface area contributed by atoms with Crippen LogP contribution in [0.2, 0.25) is 0 Å². The maximum atomic E-state index is 9.43. The van der Waals surface area contributed by atoms with E-state index in [1.54, 1.807) is 0 Å². The molecular weight excluding hydrogens is 260 g/mol. The molecule has 2 rings (SSSR count). The van der Waals surface area contributed by atoms with Gasteiger partial charge in [-0.1, -0.05) is 17.3 Å². The third kappa shape index (κ3) is 3.11. The van der Waals surface area contributed by atoms with Crippen molar-refractivity contribution in [1.82, 2.24) is 4.90 Å². The van der Waals surface area contributed by atoms with Crippen LogP contribution in [-0.4, -0.2) is 47.7 Å². The number of hydrogen-bond acceptors (Lipinski definition) is 5. The zero-order valence-electron chi connectivity index (χ0n) is 11.3. The summed E-state index contributed by atoms with van der Waals surface area (Å²) in [6, 6.07) is 7.66. The summed E-state index contributed by atoms with van der Waals surface area (Å²) in [6.07, 6.45) is 0. The van der Waals surface area contributed by atoms with Crippen molar-refractivity contribution in [3.8, 4) is 0 Å². The summed E-state index contributed by atoms with van der Waals surface area (Å²) in [6.45, 7) is 7.27. The Labute approximate surface area is 119 Å². The first kappa shape index (κ1) is 14.4. The molecule has 1 aromatic carbocycles. The first-order valence-corrected chi connectivity index (χ1v) is 6.85. The van der Waals surface area contributed by atoms with E-state index in [0.29, 0.717) is 5.71 Å². The molecule has 0 radical (unpaired) electrons. The van der Waals surface area contributed by atoms with E-state index in [4.69, 9.17) is 4.74 Å². The van der Waals surface area contributed by atoms with Gasteiger partial charge in [-0.25, -0.2) is 0 Å². The Kier molecular flexibility index (Phi) is 4.50. The fourth-order valence-electron chi connectivity index (χ4n) is 2.42. The Balaban J connectivity index is 2.27. The highest BCUT2D eigenvalue weighted by Crippen LogP contribution is 2.23. The van der Waals surface area contributed by atoms with E-state index in [1.807, 2.05) is 24.3 Å². The molecule has 1 aliphatic heterocycles. The second kappa shape index (κ2) is 5.94. The minimum Gasteiger partial charge on any atom is -0.411 e. The van der Waals surface area contributed by atoms with Crippen LogP contribution in [0.4, 0.5) is 0 Å². The molecular formula is C14H20N2O2S. The molecule has 0 atom stereocenters. The molecule has 0 aromatic heterocycles. The van der Waals surface area contributed by atoms with E-state index in [-0.39, 0.29) is 5.54 Å². The van der Waals surface area contributed by atoms with Crippen molar-refractivity contribution in [3.63, 3.8) is 0 Å². The number of thiol groups is 1. The average molecular weight is 280 g/mol. The lowest BCUT2D eigenvalue weighted by atomic mass is 9.90. The molecule has 5 heteroatoms. The van der Waals surface area contributed by atoms with Gasteiger partial charge in [-0.15, -0.1) is 12.6 Å². The topological polar surface area (TPSA) is 45.1 Å². The Morgan fingerprint density at radius 2 is 1.84 bits per heavy atom. The third-order valence-corrected chi connectivity index (χ3v) is 3.92. The molecule has 0 bridgehead atoms. The molecule has 104 valence electrons. The third-order valence-electron chi connectivity index (χ3n) is 3.62. The van der Waals surface area contributed by atoms with Crippen molar-refractivity contribution in [3.05, 3.63) is 29.8 Å². The quantitative estimate of drug-likeness (QED) is 0.386. The van der Waals surface area contributed by atoms with Crippen LogP contribution in [-0.2, 0) is 4.74 Å². The van der Waals surface area contributed by atoms with Crippen molar-refractivity contribution in [2.24, 2.45) is 5.16 Å². The number of nitrogens with zero attached hydrogens (tertiary/aromatic N) is 2. The first-order chi connectivity index (χ1) is 9.05. The average Bonchev–Trinajstić information content (AvgIpc) is 2.42. The van der Waals surface area contributed by atoms with Gasteiger partial charge in [0, 0.05) is 23.5 Å². The summed E-state index contributed by atoms with van der Waals surface area (Å²) < 4.78 is 5.38. The fraction of sp³-hybridized carbons (Fsp3) is 0.500. The second-order valence-corrected chi connectivity index (χ2v) is 5.67. The normalized spacial score (nSPS) is 18.6. The zero-order chi connectivity index (χ0) is 13.9. The summed E-state index contributed by atoms with van der Waals surface area (Å²) in [4.78, 5) is 3.17. The fourth-order valence-corrected chi connectivity index (χ4v) is 2.57. The molecule has 4 nitrogen and oxygen atoms in total. The number of oxime groups is 1. The first-order valence-electron chi connectivity index (χ1n) is 6.40. The van der Waals surface area contributed by atoms with Gasteiger partial charge in [0.1, 0.15) is 5.71 Å². The van der Waals surface area contributed by atoms with Gasteiger partial charge in [-0.05, 0) is 26.0 Å². The monoisotopic (exact) mass is 280 g/mol. The summed E-state index contributed by atoms with van der Waals surface area (Å²) in [5, 5.41) is 13.0. The molecule has 1 heterocycles. The Hall–Kier alpha value is -1.04. The standard InChI is InChI=1S/C14H20N2O2S/c1-14(2,16-7-9-18-10-8-16)13(15-17)11-3-5-12(19)6-4-11/h3-6,17,19H,7-10H2,1-2H3/b15-13-. The predicted octanol–water partition coefficient (Wildman–Crippen LogP) is 2.26. The van der Waals surface area contributed by atoms with Crippen LogP contribution in [0.25, 0.3) is 0 Å². The lowest BCUT2D eigenvalue weighted by molar-refractivity contribution is 0.00951. The zero-order valence-corrected chi connectivity index (χ0v) is 12.2. The molecule has 0 unspecified atom stereocenters. The predicted molar refractivity (Wildman–Crippen MR) is 78.5 cm³/mol. The lowest BCUT2D eigenvalue weighted by Gasteiger charge is -2.41. The van der Waals surface area contributed by atoms with Gasteiger partial charge in [0.05, 0.1) is 18.8 Å². The van der Waals surface area contributed by atoms with Crippen molar-refractivity contribution in [2.45, 2.75) is 24.3 Å². The number of hydrogen-bond donors (Lipinski definition) is 2. The molecule has 1 saturated heterocycles. The number of benzene rings is 1. The van der Waals surface area contributed by atoms with Crippen molar-refractivity contribution >= 4 is 18.3 Å². The van der Waals surface area contributed by atoms with Gasteiger partial charge >= 0.3 is 0 Å². The Bertz CT molecular complexity index is 451. The highest BCUT2D eigenvalue weighted by atomic mass is 32.1. The van der Waals surface area contributed by atoms with E-state index < -0.39 is 0 Å². The van der Waals surface area contributed by atoms with Crippen LogP contribution in [0.3, 0.4) is 0 Å². The molecule has 0 spiro atoms. The van der Waals surface area contributed by atoms with Crippen LogP contribution < -0.4 is 0 Å². The van der Waals surface area contributed by atoms with Gasteiger partial charge in [-0.3, -0.25) is 4.90 Å².